The molecule has 2 unspecified atom stereocenters. The van der Waals surface area contributed by atoms with Crippen LogP contribution in [0.3, 0.4) is 0 Å². The highest BCUT2D eigenvalue weighted by Crippen LogP contribution is 2.40. The lowest BCUT2D eigenvalue weighted by Gasteiger charge is -2.38. The number of nitrogens with two attached hydrogens (primary N) is 2. The Morgan fingerprint density at radius 1 is 0.565 bits per heavy atom. The maximum absolute atomic E-state index is 6.71. The molecule has 23 heavy (non-hydrogen) atoms. The lowest BCUT2D eigenvalue weighted by molar-refractivity contribution is 0.460. The Morgan fingerprint density at radius 2 is 0.913 bits per heavy atom. The molecule has 0 saturated heterocycles. The van der Waals surface area contributed by atoms with Crippen molar-refractivity contribution in [2.24, 2.45) is 11.5 Å². The highest BCUT2D eigenvalue weighted by molar-refractivity contribution is 8.01. The fourth-order valence-corrected chi connectivity index (χ4v) is 4.65. The maximum Gasteiger partial charge on any atom is 0.0636 e. The van der Waals surface area contributed by atoms with E-state index >= 15 is 0 Å². The van der Waals surface area contributed by atoms with Crippen molar-refractivity contribution in [1.29, 1.82) is 0 Å². The van der Waals surface area contributed by atoms with Gasteiger partial charge in [-0.2, -0.15) is 0 Å². The lowest BCUT2D eigenvalue weighted by atomic mass is 10.0. The van der Waals surface area contributed by atoms with Crippen molar-refractivity contribution in [3.8, 4) is 0 Å². The predicted molar refractivity (Wildman–Crippen MR) is 109 cm³/mol. The molecule has 0 aromatic carbocycles. The van der Waals surface area contributed by atoms with E-state index in [2.05, 4.69) is 27.7 Å². The molecule has 0 aromatic rings. The molecule has 0 bridgehead atoms. The van der Waals surface area contributed by atoms with E-state index < -0.39 is 0 Å². The number of hydrogen-bond acceptors (Lipinski definition) is 3. The van der Waals surface area contributed by atoms with E-state index in [0.29, 0.717) is 0 Å². The van der Waals surface area contributed by atoms with Crippen LogP contribution in [0.5, 0.6) is 0 Å². The van der Waals surface area contributed by atoms with Gasteiger partial charge in [-0.25, -0.2) is 0 Å². The first-order valence-corrected chi connectivity index (χ1v) is 11.0. The normalized spacial score (nSPS) is 17.0. The summed E-state index contributed by atoms with van der Waals surface area (Å²) in [7, 11) is 0. The predicted octanol–water partition coefficient (Wildman–Crippen LogP) is 6.57. The maximum atomic E-state index is 6.71. The second kappa shape index (κ2) is 13.5. The monoisotopic (exact) mass is 344 g/mol. The van der Waals surface area contributed by atoms with Gasteiger partial charge >= 0.3 is 0 Å². The summed E-state index contributed by atoms with van der Waals surface area (Å²) in [4.78, 5) is -0.277. The molecule has 2 atom stereocenters. The van der Waals surface area contributed by atoms with Crippen LogP contribution in [0.15, 0.2) is 0 Å². The van der Waals surface area contributed by atoms with Crippen LogP contribution in [0, 0.1) is 0 Å². The Morgan fingerprint density at radius 3 is 1.22 bits per heavy atom. The molecule has 0 aliphatic carbocycles. The first-order chi connectivity index (χ1) is 10.9. The molecule has 0 heterocycles. The fraction of sp³-hybridized carbons (Fsp3) is 1.00. The topological polar surface area (TPSA) is 52.0 Å². The third-order valence-electron chi connectivity index (χ3n) is 5.01. The van der Waals surface area contributed by atoms with E-state index in [9.17, 15) is 0 Å². The van der Waals surface area contributed by atoms with E-state index in [4.69, 9.17) is 11.5 Å². The molecule has 4 N–H and O–H groups in total. The van der Waals surface area contributed by atoms with Gasteiger partial charge in [-0.05, 0) is 25.7 Å². The summed E-state index contributed by atoms with van der Waals surface area (Å²) in [5.74, 6) is 0. The minimum Gasteiger partial charge on any atom is -0.317 e. The zero-order valence-corrected chi connectivity index (χ0v) is 17.3. The van der Waals surface area contributed by atoms with Gasteiger partial charge in [0.2, 0.25) is 0 Å². The van der Waals surface area contributed by atoms with Crippen LogP contribution in [0.25, 0.3) is 0 Å². The quantitative estimate of drug-likeness (QED) is 0.246. The number of rotatable bonds is 16. The number of thioether (sulfide) groups is 1. The second-order valence-corrected chi connectivity index (χ2v) is 9.10. The van der Waals surface area contributed by atoms with Gasteiger partial charge in [0, 0.05) is 0 Å². The lowest BCUT2D eigenvalue weighted by Crippen LogP contribution is -2.46. The molecule has 0 radical (unpaired) electrons. The molecule has 0 amide bonds. The first kappa shape index (κ1) is 23.3. The van der Waals surface area contributed by atoms with E-state index in [0.717, 1.165) is 25.7 Å². The molecule has 0 aliphatic rings. The summed E-state index contributed by atoms with van der Waals surface area (Å²) >= 11 is 1.88. The average molecular weight is 345 g/mol. The first-order valence-electron chi connectivity index (χ1n) is 10.2. The molecule has 0 aliphatic heterocycles. The molecule has 140 valence electrons. The Hall–Kier alpha value is 0.270. The smallest absolute Gasteiger partial charge is 0.0636 e. The standard InChI is InChI=1S/C20H44N2S/c1-5-9-11-13-15-17-19(21,7-3)23-20(22,8-4)18-16-14-12-10-6-2/h5-18,21-22H2,1-4H3. The van der Waals surface area contributed by atoms with Crippen molar-refractivity contribution in [1.82, 2.24) is 0 Å². The summed E-state index contributed by atoms with van der Waals surface area (Å²) in [6.45, 7) is 8.96. The van der Waals surface area contributed by atoms with Crippen molar-refractivity contribution >= 4 is 11.8 Å². The molecule has 0 fully saturated rings. The molecule has 0 aromatic heterocycles. The third kappa shape index (κ3) is 11.4. The van der Waals surface area contributed by atoms with E-state index in [1.165, 1.54) is 64.2 Å². The van der Waals surface area contributed by atoms with Gasteiger partial charge in [0.05, 0.1) is 9.74 Å². The van der Waals surface area contributed by atoms with Crippen LogP contribution in [-0.4, -0.2) is 9.74 Å². The van der Waals surface area contributed by atoms with Gasteiger partial charge in [0.15, 0.2) is 0 Å². The summed E-state index contributed by atoms with van der Waals surface area (Å²) in [6.07, 6.45) is 17.4. The van der Waals surface area contributed by atoms with Crippen LogP contribution in [0.4, 0.5) is 0 Å². The van der Waals surface area contributed by atoms with Gasteiger partial charge in [-0.1, -0.05) is 91.9 Å². The summed E-state index contributed by atoms with van der Waals surface area (Å²) < 4.78 is 0. The zero-order chi connectivity index (χ0) is 17.6. The van der Waals surface area contributed by atoms with Gasteiger partial charge in [0.1, 0.15) is 0 Å². The van der Waals surface area contributed by atoms with Gasteiger partial charge in [0.25, 0.3) is 0 Å². The van der Waals surface area contributed by atoms with Crippen molar-refractivity contribution in [2.75, 3.05) is 0 Å². The Kier molecular flexibility index (Phi) is 13.7. The molecule has 0 rings (SSSR count). The fourth-order valence-electron chi connectivity index (χ4n) is 3.06. The van der Waals surface area contributed by atoms with Gasteiger partial charge < -0.3 is 11.5 Å². The largest absolute Gasteiger partial charge is 0.317 e. The van der Waals surface area contributed by atoms with Crippen LogP contribution < -0.4 is 11.5 Å². The Balaban J connectivity index is 4.27. The van der Waals surface area contributed by atoms with E-state index in [1.807, 2.05) is 11.8 Å². The summed E-state index contributed by atoms with van der Waals surface area (Å²) in [5, 5.41) is 0. The number of hydrogen-bond donors (Lipinski definition) is 2. The van der Waals surface area contributed by atoms with Crippen LogP contribution in [-0.2, 0) is 0 Å². The highest BCUT2D eigenvalue weighted by atomic mass is 32.2. The Bertz CT molecular complexity index is 246. The zero-order valence-electron chi connectivity index (χ0n) is 16.5. The van der Waals surface area contributed by atoms with Gasteiger partial charge in [-0.3, -0.25) is 0 Å². The van der Waals surface area contributed by atoms with E-state index in [1.54, 1.807) is 0 Å². The summed E-state index contributed by atoms with van der Waals surface area (Å²) in [6, 6.07) is 0. The average Bonchev–Trinajstić information content (AvgIpc) is 2.54. The van der Waals surface area contributed by atoms with Crippen molar-refractivity contribution in [2.45, 2.75) is 127 Å². The number of unbranched alkanes of at least 4 members (excludes halogenated alkanes) is 8. The SMILES string of the molecule is CCCCCCCC(N)(CC)SC(N)(CC)CCCCCCC. The molecule has 2 nitrogen and oxygen atoms in total. The second-order valence-electron chi connectivity index (χ2n) is 7.27. The molecular formula is C20H44N2S. The van der Waals surface area contributed by atoms with Crippen LogP contribution in [0.2, 0.25) is 0 Å². The third-order valence-corrected chi connectivity index (χ3v) is 6.81. The van der Waals surface area contributed by atoms with Crippen LogP contribution in [0.1, 0.15) is 118 Å². The summed E-state index contributed by atoms with van der Waals surface area (Å²) in [5.41, 5.74) is 13.4. The molecule has 0 spiro atoms. The molecule has 0 saturated carbocycles. The van der Waals surface area contributed by atoms with Crippen molar-refractivity contribution in [3.63, 3.8) is 0 Å². The van der Waals surface area contributed by atoms with Crippen LogP contribution >= 0.6 is 11.8 Å². The minimum absolute atomic E-state index is 0.138. The van der Waals surface area contributed by atoms with E-state index in [-0.39, 0.29) is 9.74 Å². The highest BCUT2D eigenvalue weighted by Gasteiger charge is 2.34. The molecule has 3 heteroatoms. The van der Waals surface area contributed by atoms with Crippen molar-refractivity contribution < 1.29 is 0 Å². The minimum atomic E-state index is -0.138. The van der Waals surface area contributed by atoms with Gasteiger partial charge in [-0.15, -0.1) is 11.8 Å². The van der Waals surface area contributed by atoms with Crippen molar-refractivity contribution in [3.05, 3.63) is 0 Å². The molecular weight excluding hydrogens is 300 g/mol. The Labute approximate surface area is 150 Å².